The summed E-state index contributed by atoms with van der Waals surface area (Å²) in [5, 5.41) is 13.2. The first-order valence-electron chi connectivity index (χ1n) is 3.09. The lowest BCUT2D eigenvalue weighted by Gasteiger charge is -1.91. The van der Waals surface area contributed by atoms with E-state index < -0.39 is 5.91 Å². The fourth-order valence-corrected chi connectivity index (χ4v) is 1.44. The van der Waals surface area contributed by atoms with Crippen molar-refractivity contribution in [3.05, 3.63) is 16.1 Å². The molecule has 0 aliphatic carbocycles. The minimum atomic E-state index is -0.785. The topological polar surface area (TPSA) is 88.6 Å². The van der Waals surface area contributed by atoms with E-state index in [4.69, 9.17) is 10.9 Å². The summed E-state index contributed by atoms with van der Waals surface area (Å²) in [5.41, 5.74) is 5.49. The normalized spacial score (nSPS) is 11.6. The van der Waals surface area contributed by atoms with Crippen molar-refractivity contribution in [1.29, 1.82) is 0 Å². The number of thiazole rings is 1. The third-order valence-electron chi connectivity index (χ3n) is 1.15. The van der Waals surface area contributed by atoms with Crippen molar-refractivity contribution < 1.29 is 10.0 Å². The van der Waals surface area contributed by atoms with Crippen LogP contribution in [0, 0.1) is 6.92 Å². The van der Waals surface area contributed by atoms with Crippen molar-refractivity contribution in [1.82, 2.24) is 4.98 Å². The molecule has 3 N–H and O–H groups in total. The van der Waals surface area contributed by atoms with Crippen molar-refractivity contribution >= 4 is 23.0 Å². The van der Waals surface area contributed by atoms with Gasteiger partial charge in [-0.25, -0.2) is 4.98 Å². The van der Waals surface area contributed by atoms with Gasteiger partial charge in [0.15, 0.2) is 5.01 Å². The van der Waals surface area contributed by atoms with E-state index in [-0.39, 0.29) is 5.71 Å². The van der Waals surface area contributed by atoms with Crippen LogP contribution in [0.25, 0.3) is 0 Å². The predicted molar refractivity (Wildman–Crippen MR) is 44.4 cm³/mol. The molecular formula is C6H7N3O2S. The summed E-state index contributed by atoms with van der Waals surface area (Å²) in [6, 6.07) is 0. The van der Waals surface area contributed by atoms with Crippen molar-refractivity contribution in [2.75, 3.05) is 0 Å². The second-order valence-corrected chi connectivity index (χ2v) is 2.97. The Kier molecular flexibility index (Phi) is 2.39. The Bertz CT molecular complexity index is 331. The highest BCUT2D eigenvalue weighted by Gasteiger charge is 2.14. The molecule has 12 heavy (non-hydrogen) atoms. The number of carbonyl (C=O) groups is 1. The summed E-state index contributed by atoms with van der Waals surface area (Å²) in [7, 11) is 0. The van der Waals surface area contributed by atoms with Crippen LogP contribution in [0.5, 0.6) is 0 Å². The molecule has 0 spiro atoms. The fourth-order valence-electron chi connectivity index (χ4n) is 0.660. The third kappa shape index (κ3) is 1.59. The Labute approximate surface area is 72.5 Å². The molecule has 0 atom stereocenters. The van der Waals surface area contributed by atoms with Gasteiger partial charge in [-0.2, -0.15) is 0 Å². The summed E-state index contributed by atoms with van der Waals surface area (Å²) < 4.78 is 0. The van der Waals surface area contributed by atoms with Gasteiger partial charge in [-0.3, -0.25) is 4.79 Å². The van der Waals surface area contributed by atoms with Gasteiger partial charge in [0.05, 0.1) is 0 Å². The van der Waals surface area contributed by atoms with E-state index in [1.165, 1.54) is 11.3 Å². The lowest BCUT2D eigenvalue weighted by atomic mass is 10.4. The maximum Gasteiger partial charge on any atom is 0.273 e. The van der Waals surface area contributed by atoms with Crippen molar-refractivity contribution in [3.8, 4) is 0 Å². The summed E-state index contributed by atoms with van der Waals surface area (Å²) in [4.78, 5) is 14.6. The largest absolute Gasteiger partial charge is 0.410 e. The van der Waals surface area contributed by atoms with Crippen LogP contribution >= 0.6 is 11.3 Å². The Hall–Kier alpha value is -1.43. The summed E-state index contributed by atoms with van der Waals surface area (Å²) in [5.74, 6) is -0.785. The molecule has 1 aromatic heterocycles. The number of aryl methyl sites for hydroxylation is 1. The Balaban J connectivity index is 3.04. The molecule has 1 amide bonds. The molecule has 0 radical (unpaired) electrons. The van der Waals surface area contributed by atoms with Gasteiger partial charge in [-0.1, -0.05) is 5.16 Å². The van der Waals surface area contributed by atoms with Gasteiger partial charge in [-0.05, 0) is 6.92 Å². The van der Waals surface area contributed by atoms with Crippen LogP contribution < -0.4 is 5.73 Å². The summed E-state index contributed by atoms with van der Waals surface area (Å²) in [6.45, 7) is 1.77. The molecule has 1 heterocycles. The van der Waals surface area contributed by atoms with Gasteiger partial charge in [0.2, 0.25) is 5.71 Å². The molecule has 0 saturated carbocycles. The number of amides is 1. The lowest BCUT2D eigenvalue weighted by molar-refractivity contribution is -0.112. The van der Waals surface area contributed by atoms with Crippen molar-refractivity contribution in [2.24, 2.45) is 10.9 Å². The second-order valence-electron chi connectivity index (χ2n) is 2.11. The summed E-state index contributed by atoms with van der Waals surface area (Å²) in [6.07, 6.45) is 0. The minimum absolute atomic E-state index is 0.201. The fraction of sp³-hybridized carbons (Fsp3) is 0.167. The number of hydrogen-bond donors (Lipinski definition) is 2. The van der Waals surface area contributed by atoms with Gasteiger partial charge in [0, 0.05) is 11.1 Å². The van der Waals surface area contributed by atoms with Crippen molar-refractivity contribution in [2.45, 2.75) is 6.92 Å². The first kappa shape index (κ1) is 8.66. The standard InChI is InChI=1S/C6H7N3O2S/c1-3-2-12-6(8-3)4(9-11)5(7)10/h2,11H,1H3,(H2,7,10)/b9-4-. The molecular weight excluding hydrogens is 178 g/mol. The minimum Gasteiger partial charge on any atom is -0.410 e. The molecule has 1 rings (SSSR count). The van der Waals surface area contributed by atoms with Crippen LogP contribution in [0.2, 0.25) is 0 Å². The molecule has 0 aliphatic rings. The predicted octanol–water partition coefficient (Wildman–Crippen LogP) is 0.115. The van der Waals surface area contributed by atoms with Gasteiger partial charge >= 0.3 is 0 Å². The molecule has 0 unspecified atom stereocenters. The molecule has 0 bridgehead atoms. The highest BCUT2D eigenvalue weighted by atomic mass is 32.1. The quantitative estimate of drug-likeness (QED) is 0.389. The van der Waals surface area contributed by atoms with Crippen LogP contribution in [0.3, 0.4) is 0 Å². The van der Waals surface area contributed by atoms with E-state index >= 15 is 0 Å². The first-order chi connectivity index (χ1) is 5.65. The molecule has 64 valence electrons. The highest BCUT2D eigenvalue weighted by Crippen LogP contribution is 2.09. The number of primary amides is 1. The molecule has 5 nitrogen and oxygen atoms in total. The number of nitrogens with zero attached hydrogens (tertiary/aromatic N) is 2. The Morgan fingerprint density at radius 2 is 2.50 bits per heavy atom. The number of hydrogen-bond acceptors (Lipinski definition) is 5. The van der Waals surface area contributed by atoms with Gasteiger partial charge in [0.1, 0.15) is 0 Å². The molecule has 1 aromatic rings. The van der Waals surface area contributed by atoms with Crippen LogP contribution in [0.1, 0.15) is 10.7 Å². The van der Waals surface area contributed by atoms with Crippen LogP contribution in [-0.2, 0) is 4.79 Å². The van der Waals surface area contributed by atoms with Gasteiger partial charge < -0.3 is 10.9 Å². The van der Waals surface area contributed by atoms with E-state index in [0.29, 0.717) is 5.01 Å². The zero-order chi connectivity index (χ0) is 9.14. The Morgan fingerprint density at radius 1 is 1.83 bits per heavy atom. The average molecular weight is 185 g/mol. The lowest BCUT2D eigenvalue weighted by Crippen LogP contribution is -2.24. The Morgan fingerprint density at radius 3 is 2.83 bits per heavy atom. The molecule has 0 fully saturated rings. The number of rotatable bonds is 2. The van der Waals surface area contributed by atoms with E-state index in [9.17, 15) is 4.79 Å². The monoisotopic (exact) mass is 185 g/mol. The maximum absolute atomic E-state index is 10.6. The molecule has 6 heteroatoms. The van der Waals surface area contributed by atoms with E-state index in [1.807, 2.05) is 0 Å². The van der Waals surface area contributed by atoms with Crippen LogP contribution in [-0.4, -0.2) is 21.8 Å². The zero-order valence-corrected chi connectivity index (χ0v) is 7.13. The first-order valence-corrected chi connectivity index (χ1v) is 3.97. The molecule has 0 aliphatic heterocycles. The van der Waals surface area contributed by atoms with E-state index in [0.717, 1.165) is 5.69 Å². The summed E-state index contributed by atoms with van der Waals surface area (Å²) >= 11 is 1.21. The van der Waals surface area contributed by atoms with Crippen LogP contribution in [0.15, 0.2) is 10.5 Å². The smallest absolute Gasteiger partial charge is 0.273 e. The van der Waals surface area contributed by atoms with Gasteiger partial charge in [0.25, 0.3) is 5.91 Å². The highest BCUT2D eigenvalue weighted by molar-refractivity contribution is 7.12. The van der Waals surface area contributed by atoms with E-state index in [2.05, 4.69) is 10.1 Å². The molecule has 0 saturated heterocycles. The maximum atomic E-state index is 10.6. The average Bonchev–Trinajstić information content (AvgIpc) is 2.37. The second kappa shape index (κ2) is 3.31. The molecule has 0 aromatic carbocycles. The number of oxime groups is 1. The SMILES string of the molecule is Cc1csc(/C(=N\O)C(N)=O)n1. The zero-order valence-electron chi connectivity index (χ0n) is 6.31. The third-order valence-corrected chi connectivity index (χ3v) is 2.12. The number of nitrogens with two attached hydrogens (primary N) is 1. The van der Waals surface area contributed by atoms with Gasteiger partial charge in [-0.15, -0.1) is 11.3 Å². The van der Waals surface area contributed by atoms with Crippen LogP contribution in [0.4, 0.5) is 0 Å². The van der Waals surface area contributed by atoms with E-state index in [1.54, 1.807) is 12.3 Å². The number of aromatic nitrogens is 1. The number of carbonyl (C=O) groups excluding carboxylic acids is 1. The van der Waals surface area contributed by atoms with Crippen molar-refractivity contribution in [3.63, 3.8) is 0 Å².